The maximum absolute atomic E-state index is 11.7. The minimum absolute atomic E-state index is 0.188. The third kappa shape index (κ3) is 3.75. The molecule has 0 aliphatic carbocycles. The van der Waals surface area contributed by atoms with Gasteiger partial charge in [0.2, 0.25) is 5.24 Å². The van der Waals surface area contributed by atoms with Crippen LogP contribution in [0.1, 0.15) is 23.3 Å². The van der Waals surface area contributed by atoms with Gasteiger partial charge in [-0.25, -0.2) is 0 Å². The molecule has 16 heavy (non-hydrogen) atoms. The average Bonchev–Trinajstić information content (AvgIpc) is 2.53. The Bertz CT molecular complexity index is 386. The molecule has 1 heterocycles. The molecular weight excluding hydrogens is 344 g/mol. The van der Waals surface area contributed by atoms with Gasteiger partial charge in [-0.05, 0) is 40.6 Å². The maximum Gasteiger partial charge on any atom is 0.270 e. The number of nitrogens with zero attached hydrogens (tertiary/aromatic N) is 2. The summed E-state index contributed by atoms with van der Waals surface area (Å²) in [5, 5.41) is 6.29. The Morgan fingerprint density at radius 3 is 2.81 bits per heavy atom. The van der Waals surface area contributed by atoms with E-state index in [9.17, 15) is 9.59 Å². The lowest BCUT2D eigenvalue weighted by Crippen LogP contribution is -2.27. The van der Waals surface area contributed by atoms with Gasteiger partial charge in [0.25, 0.3) is 5.91 Å². The first-order valence-corrected chi connectivity index (χ1v) is 6.12. The van der Waals surface area contributed by atoms with Crippen molar-refractivity contribution in [1.82, 2.24) is 15.1 Å². The van der Waals surface area contributed by atoms with Gasteiger partial charge in [-0.1, -0.05) is 0 Å². The zero-order valence-corrected chi connectivity index (χ0v) is 11.6. The number of amides is 1. The molecule has 0 aliphatic heterocycles. The van der Waals surface area contributed by atoms with Gasteiger partial charge in [0.15, 0.2) is 0 Å². The van der Waals surface area contributed by atoms with Crippen LogP contribution in [0, 0.1) is 3.57 Å². The highest BCUT2D eigenvalue weighted by Gasteiger charge is 2.14. The van der Waals surface area contributed by atoms with Gasteiger partial charge in [-0.3, -0.25) is 14.3 Å². The van der Waals surface area contributed by atoms with Gasteiger partial charge in [0.05, 0.1) is 9.77 Å². The molecule has 5 nitrogen and oxygen atoms in total. The molecule has 0 atom stereocenters. The molecule has 0 spiro atoms. The van der Waals surface area contributed by atoms with E-state index >= 15 is 0 Å². The van der Waals surface area contributed by atoms with Crippen LogP contribution < -0.4 is 5.32 Å². The van der Waals surface area contributed by atoms with E-state index < -0.39 is 0 Å². The Balaban J connectivity index is 2.44. The molecule has 0 unspecified atom stereocenters. The van der Waals surface area contributed by atoms with Gasteiger partial charge in [-0.2, -0.15) is 5.10 Å². The molecule has 1 aromatic rings. The first kappa shape index (κ1) is 13.4. The summed E-state index contributed by atoms with van der Waals surface area (Å²) in [5.74, 6) is -0.188. The molecule has 0 aliphatic rings. The Labute approximate surface area is 112 Å². The summed E-state index contributed by atoms with van der Waals surface area (Å²) in [6.45, 7) is 0.429. The molecule has 0 aromatic carbocycles. The monoisotopic (exact) mass is 355 g/mol. The van der Waals surface area contributed by atoms with Crippen LogP contribution >= 0.6 is 34.2 Å². The number of hydrogen-bond donors (Lipinski definition) is 1. The van der Waals surface area contributed by atoms with Crippen molar-refractivity contribution in [3.05, 3.63) is 15.5 Å². The number of hydrogen-bond acceptors (Lipinski definition) is 3. The third-order valence-electron chi connectivity index (χ3n) is 1.94. The number of nitrogens with one attached hydrogen (secondary N) is 1. The fourth-order valence-electron chi connectivity index (χ4n) is 1.18. The average molecular weight is 356 g/mol. The zero-order valence-electron chi connectivity index (χ0n) is 8.67. The van der Waals surface area contributed by atoms with Crippen molar-refractivity contribution in [2.24, 2.45) is 7.05 Å². The zero-order chi connectivity index (χ0) is 12.1. The number of aryl methyl sites for hydroxylation is 1. The lowest BCUT2D eigenvalue weighted by atomic mass is 10.3. The Morgan fingerprint density at radius 1 is 1.62 bits per heavy atom. The molecule has 0 fully saturated rings. The second-order valence-corrected chi connectivity index (χ2v) is 4.76. The molecule has 0 bridgehead atoms. The number of carbonyl (C=O) groups is 2. The molecule has 0 saturated carbocycles. The summed E-state index contributed by atoms with van der Waals surface area (Å²) in [7, 11) is 1.71. The third-order valence-corrected chi connectivity index (χ3v) is 2.92. The fraction of sp³-hybridized carbons (Fsp3) is 0.444. The van der Waals surface area contributed by atoms with Crippen LogP contribution in [0.15, 0.2) is 6.20 Å². The quantitative estimate of drug-likeness (QED) is 0.492. The van der Waals surface area contributed by atoms with E-state index in [4.69, 9.17) is 11.6 Å². The summed E-state index contributed by atoms with van der Waals surface area (Å²) in [6.07, 6.45) is 2.44. The van der Waals surface area contributed by atoms with Gasteiger partial charge in [-0.15, -0.1) is 0 Å². The van der Waals surface area contributed by atoms with Crippen LogP contribution in [-0.4, -0.2) is 27.5 Å². The highest BCUT2D eigenvalue weighted by atomic mass is 127. The topological polar surface area (TPSA) is 64.0 Å². The lowest BCUT2D eigenvalue weighted by molar-refractivity contribution is -0.111. The van der Waals surface area contributed by atoms with Crippen molar-refractivity contribution >= 4 is 45.3 Å². The number of halogens is 2. The SMILES string of the molecule is Cn1ncc(I)c1C(=O)NCCCC(=O)Cl. The second kappa shape index (κ2) is 6.19. The van der Waals surface area contributed by atoms with Crippen molar-refractivity contribution in [3.8, 4) is 0 Å². The highest BCUT2D eigenvalue weighted by molar-refractivity contribution is 14.1. The lowest BCUT2D eigenvalue weighted by Gasteiger charge is -2.04. The molecule has 1 aromatic heterocycles. The van der Waals surface area contributed by atoms with Crippen LogP contribution in [0.2, 0.25) is 0 Å². The molecular formula is C9H11ClIN3O2. The Morgan fingerprint density at radius 2 is 2.31 bits per heavy atom. The number of rotatable bonds is 5. The van der Waals surface area contributed by atoms with E-state index in [2.05, 4.69) is 10.4 Å². The van der Waals surface area contributed by atoms with E-state index in [0.29, 0.717) is 18.7 Å². The fourth-order valence-corrected chi connectivity index (χ4v) is 2.03. The minimum atomic E-state index is -0.385. The standard InChI is InChI=1S/C9H11ClIN3O2/c1-14-8(6(11)5-13-14)9(16)12-4-2-3-7(10)15/h5H,2-4H2,1H3,(H,12,16). The first-order chi connectivity index (χ1) is 7.52. The summed E-state index contributed by atoms with van der Waals surface area (Å²) >= 11 is 7.22. The molecule has 7 heteroatoms. The largest absolute Gasteiger partial charge is 0.351 e. The van der Waals surface area contributed by atoms with Crippen LogP contribution in [0.25, 0.3) is 0 Å². The Kier molecular flexibility index (Phi) is 5.20. The van der Waals surface area contributed by atoms with Gasteiger partial charge < -0.3 is 5.32 Å². The van der Waals surface area contributed by atoms with Crippen molar-refractivity contribution < 1.29 is 9.59 Å². The molecule has 88 valence electrons. The minimum Gasteiger partial charge on any atom is -0.351 e. The van der Waals surface area contributed by atoms with Crippen LogP contribution in [0.5, 0.6) is 0 Å². The van der Waals surface area contributed by atoms with Crippen molar-refractivity contribution in [1.29, 1.82) is 0 Å². The second-order valence-electron chi connectivity index (χ2n) is 3.18. The molecule has 1 N–H and O–H groups in total. The number of aromatic nitrogens is 2. The summed E-state index contributed by atoms with van der Waals surface area (Å²) in [6, 6.07) is 0. The Hall–Kier alpha value is -0.630. The summed E-state index contributed by atoms with van der Waals surface area (Å²) in [5.41, 5.74) is 0.526. The molecule has 0 saturated heterocycles. The van der Waals surface area contributed by atoms with Crippen LogP contribution in [0.4, 0.5) is 0 Å². The van der Waals surface area contributed by atoms with E-state index in [-0.39, 0.29) is 17.6 Å². The van der Waals surface area contributed by atoms with Gasteiger partial charge >= 0.3 is 0 Å². The smallest absolute Gasteiger partial charge is 0.270 e. The van der Waals surface area contributed by atoms with E-state index in [1.165, 1.54) is 4.68 Å². The highest BCUT2D eigenvalue weighted by Crippen LogP contribution is 2.09. The summed E-state index contributed by atoms with van der Waals surface area (Å²) in [4.78, 5) is 22.2. The normalized spacial score (nSPS) is 10.2. The van der Waals surface area contributed by atoms with Crippen LogP contribution in [0.3, 0.4) is 0 Å². The molecule has 0 radical (unpaired) electrons. The van der Waals surface area contributed by atoms with Crippen molar-refractivity contribution in [2.45, 2.75) is 12.8 Å². The number of carbonyl (C=O) groups excluding carboxylic acids is 2. The van der Waals surface area contributed by atoms with Crippen molar-refractivity contribution in [3.63, 3.8) is 0 Å². The van der Waals surface area contributed by atoms with E-state index in [1.54, 1.807) is 13.2 Å². The maximum atomic E-state index is 11.7. The van der Waals surface area contributed by atoms with Gasteiger partial charge in [0, 0.05) is 20.0 Å². The van der Waals surface area contributed by atoms with Gasteiger partial charge in [0.1, 0.15) is 5.69 Å². The predicted octanol–water partition coefficient (Wildman–Crippen LogP) is 1.30. The van der Waals surface area contributed by atoms with E-state index in [1.807, 2.05) is 22.6 Å². The predicted molar refractivity (Wildman–Crippen MR) is 68.4 cm³/mol. The van der Waals surface area contributed by atoms with Crippen molar-refractivity contribution in [2.75, 3.05) is 6.54 Å². The first-order valence-electron chi connectivity index (χ1n) is 4.66. The summed E-state index contributed by atoms with van der Waals surface area (Å²) < 4.78 is 2.31. The van der Waals surface area contributed by atoms with Crippen LogP contribution in [-0.2, 0) is 11.8 Å². The molecule has 1 amide bonds. The van der Waals surface area contributed by atoms with E-state index in [0.717, 1.165) is 3.57 Å². The molecule has 1 rings (SSSR count).